The number of rotatable bonds is 8. The highest BCUT2D eigenvalue weighted by molar-refractivity contribution is 6.04. The minimum atomic E-state index is -4.74. The molecular formula is C35H36F3N3O4. The number of carboxylic acids is 1. The van der Waals surface area contributed by atoms with Gasteiger partial charge in [-0.3, -0.25) is 4.79 Å². The number of carboxylic acid groups (broad SMARTS) is 1. The van der Waals surface area contributed by atoms with E-state index in [1.807, 2.05) is 0 Å². The zero-order chi connectivity index (χ0) is 31.7. The van der Waals surface area contributed by atoms with Crippen molar-refractivity contribution in [3.8, 4) is 11.1 Å². The third-order valence-electron chi connectivity index (χ3n) is 8.93. The average Bonchev–Trinajstić information content (AvgIpc) is 3.41. The normalized spacial score (nSPS) is 16.8. The van der Waals surface area contributed by atoms with Crippen molar-refractivity contribution in [3.05, 3.63) is 88.1 Å². The summed E-state index contributed by atoms with van der Waals surface area (Å²) >= 11 is 0. The molecule has 3 heterocycles. The van der Waals surface area contributed by atoms with Gasteiger partial charge in [0.15, 0.2) is 0 Å². The number of carbonyl (C=O) groups is 2. The third kappa shape index (κ3) is 6.42. The lowest BCUT2D eigenvalue weighted by molar-refractivity contribution is -0.137. The zero-order valence-corrected chi connectivity index (χ0v) is 25.1. The molecular weight excluding hydrogens is 583 g/mol. The molecule has 1 saturated heterocycles. The number of morpholine rings is 1. The van der Waals surface area contributed by atoms with Crippen LogP contribution in [0.25, 0.3) is 22.0 Å². The number of halogens is 3. The maximum Gasteiger partial charge on any atom is 0.417 e. The molecule has 6 rings (SSSR count). The molecule has 1 unspecified atom stereocenters. The van der Waals surface area contributed by atoms with Crippen molar-refractivity contribution < 1.29 is 32.6 Å². The van der Waals surface area contributed by atoms with Crippen LogP contribution in [0.4, 0.5) is 18.9 Å². The van der Waals surface area contributed by atoms with E-state index >= 15 is 0 Å². The maximum absolute atomic E-state index is 14.4. The highest BCUT2D eigenvalue weighted by Gasteiger charge is 2.36. The van der Waals surface area contributed by atoms with Crippen molar-refractivity contribution in [2.45, 2.75) is 57.7 Å². The first kappa shape index (κ1) is 30.7. The molecule has 1 fully saturated rings. The van der Waals surface area contributed by atoms with Gasteiger partial charge in [-0.2, -0.15) is 13.2 Å². The number of ether oxygens (including phenoxy) is 1. The lowest BCUT2D eigenvalue weighted by Crippen LogP contribution is -2.40. The summed E-state index contributed by atoms with van der Waals surface area (Å²) in [4.78, 5) is 29.7. The molecule has 4 aromatic rings. The highest BCUT2D eigenvalue weighted by atomic mass is 19.4. The Morgan fingerprint density at radius 1 is 1.02 bits per heavy atom. The Morgan fingerprint density at radius 2 is 1.82 bits per heavy atom. The second-order valence-electron chi connectivity index (χ2n) is 12.0. The average molecular weight is 620 g/mol. The molecule has 0 saturated carbocycles. The number of anilines is 1. The molecule has 10 heteroatoms. The Labute approximate surface area is 259 Å². The summed E-state index contributed by atoms with van der Waals surface area (Å²) in [5.41, 5.74) is 3.79. The number of aromatic carboxylic acids is 1. The van der Waals surface area contributed by atoms with E-state index in [-0.39, 0.29) is 22.4 Å². The van der Waals surface area contributed by atoms with Crippen LogP contribution in [0.2, 0.25) is 0 Å². The Balaban J connectivity index is 1.24. The molecule has 45 heavy (non-hydrogen) atoms. The molecule has 3 N–H and O–H groups in total. The number of hydrogen-bond donors (Lipinski definition) is 3. The van der Waals surface area contributed by atoms with Gasteiger partial charge < -0.3 is 25.0 Å². The Bertz CT molecular complexity index is 1740. The minimum absolute atomic E-state index is 0.00906. The van der Waals surface area contributed by atoms with E-state index < -0.39 is 23.6 Å². The van der Waals surface area contributed by atoms with Gasteiger partial charge in [0.1, 0.15) is 5.69 Å². The largest absolute Gasteiger partial charge is 0.477 e. The number of fused-ring (bicyclic) bond motifs is 2. The summed E-state index contributed by atoms with van der Waals surface area (Å²) in [7, 11) is 0. The van der Waals surface area contributed by atoms with Gasteiger partial charge in [0.25, 0.3) is 5.91 Å². The van der Waals surface area contributed by atoms with Crippen LogP contribution in [0, 0.1) is 6.92 Å². The van der Waals surface area contributed by atoms with Crippen molar-refractivity contribution in [2.75, 3.05) is 31.6 Å². The Kier molecular flexibility index (Phi) is 8.59. The van der Waals surface area contributed by atoms with Crippen molar-refractivity contribution in [1.82, 2.24) is 9.88 Å². The van der Waals surface area contributed by atoms with Crippen LogP contribution < -0.4 is 5.32 Å². The standard InChI is InChI=1S/C35H36F3N3O4/c1-21-9-14-30-22(19-21)10-12-24(39-30)5-2-3-6-28-27-8-4-7-26(31(27)40-32(28)34(43)44)25-13-11-23(20-29(25)35(36,37)38)33(42)41-15-17-45-18-16-41/h4,7-9,11,13-14,19-20,24,39-40H,2-3,5-6,10,12,15-18H2,1H3,(H,43,44). The molecule has 0 spiro atoms. The van der Waals surface area contributed by atoms with Gasteiger partial charge in [-0.1, -0.05) is 48.4 Å². The van der Waals surface area contributed by atoms with Crippen LogP contribution in [0.15, 0.2) is 54.6 Å². The summed E-state index contributed by atoms with van der Waals surface area (Å²) in [6, 6.07) is 15.3. The van der Waals surface area contributed by atoms with Crippen LogP contribution in [0.3, 0.4) is 0 Å². The van der Waals surface area contributed by atoms with Gasteiger partial charge in [0.2, 0.25) is 0 Å². The van der Waals surface area contributed by atoms with Crippen LogP contribution >= 0.6 is 0 Å². The lowest BCUT2D eigenvalue weighted by atomic mass is 9.92. The molecule has 7 nitrogen and oxygen atoms in total. The fraction of sp³-hybridized carbons (Fsp3) is 0.371. The number of alkyl halides is 3. The molecule has 2 aliphatic heterocycles. The number of H-pyrrole nitrogens is 1. The summed E-state index contributed by atoms with van der Waals surface area (Å²) < 4.78 is 48.6. The van der Waals surface area contributed by atoms with Gasteiger partial charge in [-0.05, 0) is 73.9 Å². The smallest absolute Gasteiger partial charge is 0.417 e. The predicted octanol–water partition coefficient (Wildman–Crippen LogP) is 7.47. The zero-order valence-electron chi connectivity index (χ0n) is 25.1. The van der Waals surface area contributed by atoms with Crippen LogP contribution in [0.5, 0.6) is 0 Å². The number of nitrogens with one attached hydrogen (secondary N) is 2. The van der Waals surface area contributed by atoms with Gasteiger partial charge in [0.05, 0.1) is 24.3 Å². The van der Waals surface area contributed by atoms with Crippen molar-refractivity contribution in [2.24, 2.45) is 0 Å². The number of aryl methyl sites for hydroxylation is 3. The SMILES string of the molecule is Cc1ccc2c(c1)CCC(CCCCc1c(C(=O)O)[nH]c3c(-c4ccc(C(=O)N5CCOCC5)cc4C(F)(F)F)cccc13)N2. The molecule has 0 radical (unpaired) electrons. The maximum atomic E-state index is 14.4. The van der Waals surface area contributed by atoms with Crippen LogP contribution in [-0.2, 0) is 23.8 Å². The number of benzene rings is 3. The number of amides is 1. The fourth-order valence-corrected chi connectivity index (χ4v) is 6.64. The van der Waals surface area contributed by atoms with Gasteiger partial charge >= 0.3 is 12.1 Å². The predicted molar refractivity (Wildman–Crippen MR) is 167 cm³/mol. The second-order valence-corrected chi connectivity index (χ2v) is 12.0. The van der Waals surface area contributed by atoms with Crippen LogP contribution in [0.1, 0.15) is 68.8 Å². The van der Waals surface area contributed by atoms with Crippen molar-refractivity contribution in [1.29, 1.82) is 0 Å². The monoisotopic (exact) mass is 619 g/mol. The summed E-state index contributed by atoms with van der Waals surface area (Å²) in [5, 5.41) is 14.3. The number of aromatic nitrogens is 1. The first-order valence-electron chi connectivity index (χ1n) is 15.4. The summed E-state index contributed by atoms with van der Waals surface area (Å²) in [6.45, 7) is 3.40. The number of nitrogens with zero attached hydrogens (tertiary/aromatic N) is 1. The minimum Gasteiger partial charge on any atom is -0.477 e. The quantitative estimate of drug-likeness (QED) is 0.178. The molecule has 3 aromatic carbocycles. The van der Waals surface area contributed by atoms with Crippen molar-refractivity contribution >= 4 is 28.5 Å². The van der Waals surface area contributed by atoms with Crippen LogP contribution in [-0.4, -0.2) is 59.2 Å². The lowest BCUT2D eigenvalue weighted by Gasteiger charge is -2.27. The highest BCUT2D eigenvalue weighted by Crippen LogP contribution is 2.41. The van der Waals surface area contributed by atoms with E-state index in [1.165, 1.54) is 33.8 Å². The van der Waals surface area contributed by atoms with Gasteiger partial charge in [0, 0.05) is 41.3 Å². The van der Waals surface area contributed by atoms with Gasteiger partial charge in [-0.15, -0.1) is 0 Å². The van der Waals surface area contributed by atoms with E-state index in [4.69, 9.17) is 4.74 Å². The topological polar surface area (TPSA) is 94.7 Å². The molecule has 236 valence electrons. The molecule has 0 bridgehead atoms. The van der Waals surface area contributed by atoms with E-state index in [1.54, 1.807) is 18.2 Å². The molecule has 1 amide bonds. The first-order chi connectivity index (χ1) is 21.6. The fourth-order valence-electron chi connectivity index (χ4n) is 6.64. The number of unbranched alkanes of at least 4 members (excludes halogenated alkanes) is 1. The Morgan fingerprint density at radius 3 is 2.58 bits per heavy atom. The molecule has 1 aromatic heterocycles. The van der Waals surface area contributed by atoms with E-state index in [9.17, 15) is 27.9 Å². The Hall–Kier alpha value is -4.31. The van der Waals surface area contributed by atoms with Crippen molar-refractivity contribution in [3.63, 3.8) is 0 Å². The second kappa shape index (κ2) is 12.6. The first-order valence-corrected chi connectivity index (χ1v) is 15.4. The van der Waals surface area contributed by atoms with Gasteiger partial charge in [-0.25, -0.2) is 4.79 Å². The summed E-state index contributed by atoms with van der Waals surface area (Å²) in [6.07, 6.45) is 0.345. The molecule has 0 aliphatic carbocycles. The summed E-state index contributed by atoms with van der Waals surface area (Å²) in [5.74, 6) is -1.64. The number of hydrogen-bond acceptors (Lipinski definition) is 4. The van der Waals surface area contributed by atoms with E-state index in [0.29, 0.717) is 55.2 Å². The van der Waals surface area contributed by atoms with E-state index in [2.05, 4.69) is 35.4 Å². The number of para-hydroxylation sites is 1. The number of aromatic amines is 1. The molecule has 1 atom stereocenters. The number of carbonyl (C=O) groups excluding carboxylic acids is 1. The van der Waals surface area contributed by atoms with E-state index in [0.717, 1.165) is 38.2 Å². The third-order valence-corrected chi connectivity index (χ3v) is 8.93. The molecule has 2 aliphatic rings.